The van der Waals surface area contributed by atoms with Crippen molar-refractivity contribution in [2.45, 2.75) is 128 Å². The van der Waals surface area contributed by atoms with Gasteiger partial charge in [-0.05, 0) is 142 Å². The number of methoxy groups -OCH3 is 1. The van der Waals surface area contributed by atoms with Crippen LogP contribution in [0.4, 0.5) is 4.79 Å². The zero-order valence-corrected chi connectivity index (χ0v) is 49.4. The summed E-state index contributed by atoms with van der Waals surface area (Å²) in [6.45, 7) is 9.07. The Kier molecular flexibility index (Phi) is 18.1. The highest BCUT2D eigenvalue weighted by molar-refractivity contribution is 5.89. The number of aromatic amines is 4. The summed E-state index contributed by atoms with van der Waals surface area (Å²) in [4.78, 5) is 87.0. The zero-order valence-electron chi connectivity index (χ0n) is 49.4. The monoisotopic (exact) mass is 1160 g/mol. The van der Waals surface area contributed by atoms with Gasteiger partial charge in [-0.15, -0.1) is 0 Å². The fourth-order valence-corrected chi connectivity index (χ4v) is 12.2. The van der Waals surface area contributed by atoms with Gasteiger partial charge in [-0.1, -0.05) is 88.5 Å². The Balaban J connectivity index is 0.000000202. The van der Waals surface area contributed by atoms with Crippen molar-refractivity contribution < 1.29 is 29.0 Å². The predicted molar refractivity (Wildman–Crippen MR) is 329 cm³/mol. The normalized spacial score (nSPS) is 18.3. The van der Waals surface area contributed by atoms with E-state index in [-0.39, 0.29) is 35.7 Å². The van der Waals surface area contributed by atoms with Gasteiger partial charge in [0.2, 0.25) is 17.7 Å². The first-order chi connectivity index (χ1) is 41.8. The van der Waals surface area contributed by atoms with Crippen LogP contribution in [0.2, 0.25) is 0 Å². The third-order valence-electron chi connectivity index (χ3n) is 16.9. The van der Waals surface area contributed by atoms with Crippen molar-refractivity contribution in [1.29, 1.82) is 0 Å². The van der Waals surface area contributed by atoms with Gasteiger partial charge in [-0.2, -0.15) is 0 Å². The molecule has 4 aromatic carbocycles. The number of hydrogen-bond acceptors (Lipinski definition) is 11. The minimum atomic E-state index is -0.728. The summed E-state index contributed by atoms with van der Waals surface area (Å²) in [5, 5.41) is 18.0. The average Bonchev–Trinajstić information content (AvgIpc) is 3.24. The lowest BCUT2D eigenvalue weighted by atomic mass is 10.0. The standard InChI is InChI=1S/C40H48N8O6.C27H27N5/c1-23(2)34(45-33(50)22-49)38(51)47-18-6-8-31(47)36-41-21-30(44-36)27-15-12-25(13-16-27)10-11-26-14-17-28-29(20-26)43-37(42-28)32-9-7-19-48(32)39(52)35(24(3)4)46-40(53)54-5;1-2-5-21(4-1)26-30-22-14-11-19(16-24(22)31-26)8-7-18-9-12-20(13-10-18)25-17-29-27(32-25)23-6-3-15-28-23/h12-17,20-21,23-24,31-32,34-35,49H,6-9,18-19,22H2,1-5H3,(H,41,44)(H,42,43)(H,45,50)(H,46,53);9-14,16-17,21,23,28H,1-6,15H2,(H,29,32)(H,30,31)/t31-,32+,34+,35+;23-/m11/s1. The van der Waals surface area contributed by atoms with Crippen LogP contribution < -0.4 is 16.0 Å². The molecule has 1 aliphatic carbocycles. The van der Waals surface area contributed by atoms with E-state index in [9.17, 15) is 24.3 Å². The van der Waals surface area contributed by atoms with Gasteiger partial charge in [-0.25, -0.2) is 24.7 Å². The number of benzene rings is 4. The SMILES string of the molecule is C(#Cc1ccc2nc(C3CCCC3)[nH]c2c1)c1ccc(-c2cnc([C@H]3CCCN3)[nH]2)cc1.COC(=O)N[C@H](C(=O)N1CCC[C@H]1c1nc2ccc(C#Cc3ccc(-c4cnc([C@H]5CCCN5C(=O)[C@@H](NC(=O)CO)C(C)C)[nH]4)cc3)cc2[nH]1)C(C)C. The molecule has 444 valence electrons. The number of nitrogens with zero attached hydrogens (tertiary/aromatic N) is 6. The molecule has 4 fully saturated rings. The molecule has 0 unspecified atom stereocenters. The molecule has 0 bridgehead atoms. The summed E-state index contributed by atoms with van der Waals surface area (Å²) < 4.78 is 4.75. The highest BCUT2D eigenvalue weighted by Crippen LogP contribution is 2.36. The van der Waals surface area contributed by atoms with E-state index in [1.807, 2.05) is 76.4 Å². The number of carbonyl (C=O) groups is 4. The van der Waals surface area contributed by atoms with Crippen LogP contribution in [0, 0.1) is 35.5 Å². The number of fused-ring (bicyclic) bond motifs is 2. The minimum Gasteiger partial charge on any atom is -0.453 e. The first-order valence-corrected chi connectivity index (χ1v) is 30.2. The van der Waals surface area contributed by atoms with Gasteiger partial charge in [0.1, 0.15) is 42.0 Å². The summed E-state index contributed by atoms with van der Waals surface area (Å²) in [5.41, 5.74) is 11.3. The van der Waals surface area contributed by atoms with Gasteiger partial charge in [-0.3, -0.25) is 14.4 Å². The number of imidazole rings is 4. The number of carbonyl (C=O) groups excluding carboxylic acids is 4. The van der Waals surface area contributed by atoms with E-state index < -0.39 is 30.7 Å². The highest BCUT2D eigenvalue weighted by Gasteiger charge is 2.39. The molecule has 8 aromatic rings. The Morgan fingerprint density at radius 2 is 1.07 bits per heavy atom. The smallest absolute Gasteiger partial charge is 0.407 e. The number of nitrogens with one attached hydrogen (secondary N) is 7. The Morgan fingerprint density at radius 3 is 1.59 bits per heavy atom. The molecule has 86 heavy (non-hydrogen) atoms. The maximum absolute atomic E-state index is 13.5. The molecule has 12 rings (SSSR count). The van der Waals surface area contributed by atoms with E-state index in [2.05, 4.69) is 112 Å². The van der Waals surface area contributed by atoms with Crippen LogP contribution in [-0.4, -0.2) is 124 Å². The molecule has 0 radical (unpaired) electrons. The number of H-pyrrole nitrogens is 4. The summed E-state index contributed by atoms with van der Waals surface area (Å²) in [7, 11) is 1.28. The summed E-state index contributed by atoms with van der Waals surface area (Å²) in [5.74, 6) is 16.1. The molecule has 7 heterocycles. The van der Waals surface area contributed by atoms with E-state index in [1.165, 1.54) is 39.2 Å². The quantitative estimate of drug-likeness (QED) is 0.0504. The number of alkyl carbamates (subject to hydrolysis) is 1. The maximum atomic E-state index is 13.5. The molecule has 3 aliphatic heterocycles. The molecule has 4 amide bonds. The lowest BCUT2D eigenvalue weighted by molar-refractivity contribution is -0.139. The molecule has 0 spiro atoms. The Hall–Kier alpha value is -9.04. The third-order valence-corrected chi connectivity index (χ3v) is 16.9. The van der Waals surface area contributed by atoms with E-state index in [0.29, 0.717) is 36.7 Å². The maximum Gasteiger partial charge on any atom is 0.407 e. The Labute approximate surface area is 500 Å². The number of hydrogen-bond donors (Lipinski definition) is 8. The fraction of sp³-hybridized carbons (Fsp3) is 0.403. The molecule has 4 aliphatic rings. The summed E-state index contributed by atoms with van der Waals surface area (Å²) in [6, 6.07) is 26.7. The van der Waals surface area contributed by atoms with Gasteiger partial charge in [0.25, 0.3) is 0 Å². The van der Waals surface area contributed by atoms with Crippen molar-refractivity contribution in [3.63, 3.8) is 0 Å². The number of aliphatic hydroxyl groups is 1. The second-order valence-corrected chi connectivity index (χ2v) is 23.5. The second-order valence-electron chi connectivity index (χ2n) is 23.5. The first-order valence-electron chi connectivity index (χ1n) is 30.2. The van der Waals surface area contributed by atoms with E-state index in [1.54, 1.807) is 16.0 Å². The first kappa shape index (κ1) is 58.7. The Bertz CT molecular complexity index is 3840. The number of aliphatic hydroxyl groups excluding tert-OH is 1. The van der Waals surface area contributed by atoms with Crippen molar-refractivity contribution in [2.75, 3.05) is 33.4 Å². The fourth-order valence-electron chi connectivity index (χ4n) is 12.2. The minimum absolute atomic E-state index is 0.115. The van der Waals surface area contributed by atoms with Crippen LogP contribution >= 0.6 is 0 Å². The van der Waals surface area contributed by atoms with Gasteiger partial charge in [0.05, 0.1) is 71.1 Å². The van der Waals surface area contributed by atoms with Crippen LogP contribution in [0.1, 0.15) is 161 Å². The average molecular weight is 1160 g/mol. The third kappa shape index (κ3) is 13.4. The van der Waals surface area contributed by atoms with Crippen molar-refractivity contribution in [2.24, 2.45) is 11.8 Å². The van der Waals surface area contributed by atoms with Crippen LogP contribution in [-0.2, 0) is 19.1 Å². The van der Waals surface area contributed by atoms with Crippen molar-refractivity contribution in [3.05, 3.63) is 143 Å². The van der Waals surface area contributed by atoms with Crippen molar-refractivity contribution in [1.82, 2.24) is 65.6 Å². The van der Waals surface area contributed by atoms with Crippen molar-refractivity contribution in [3.8, 4) is 46.2 Å². The Morgan fingerprint density at radius 1 is 0.581 bits per heavy atom. The number of likely N-dealkylation sites (tertiary alicyclic amines) is 2. The number of rotatable bonds is 13. The topological polar surface area (TPSA) is 255 Å². The van der Waals surface area contributed by atoms with E-state index in [4.69, 9.17) is 14.7 Å². The molecular weight excluding hydrogens is 1080 g/mol. The van der Waals surface area contributed by atoms with E-state index in [0.717, 1.165) is 117 Å². The van der Waals surface area contributed by atoms with E-state index >= 15 is 0 Å². The largest absolute Gasteiger partial charge is 0.453 e. The summed E-state index contributed by atoms with van der Waals surface area (Å²) in [6.07, 6.45) is 13.7. The number of amides is 4. The number of ether oxygens (including phenoxy) is 1. The van der Waals surface area contributed by atoms with Gasteiger partial charge in [0, 0.05) is 41.3 Å². The van der Waals surface area contributed by atoms with Crippen LogP contribution in [0.3, 0.4) is 0 Å². The molecule has 19 nitrogen and oxygen atoms in total. The molecule has 5 atom stereocenters. The highest BCUT2D eigenvalue weighted by atomic mass is 16.5. The zero-order chi connectivity index (χ0) is 59.8. The predicted octanol–water partition coefficient (Wildman–Crippen LogP) is 9.63. The van der Waals surface area contributed by atoms with Gasteiger partial charge < -0.3 is 55.5 Å². The molecule has 3 saturated heterocycles. The lowest BCUT2D eigenvalue weighted by Gasteiger charge is -2.30. The summed E-state index contributed by atoms with van der Waals surface area (Å²) >= 11 is 0. The van der Waals surface area contributed by atoms with Gasteiger partial charge >= 0.3 is 6.09 Å². The van der Waals surface area contributed by atoms with Crippen LogP contribution in [0.25, 0.3) is 44.6 Å². The van der Waals surface area contributed by atoms with Crippen molar-refractivity contribution >= 4 is 45.9 Å². The molecule has 4 aromatic heterocycles. The number of aromatic nitrogens is 8. The molecule has 8 N–H and O–H groups in total. The van der Waals surface area contributed by atoms with Crippen LogP contribution in [0.5, 0.6) is 0 Å². The molecule has 19 heteroatoms. The molecule has 1 saturated carbocycles. The van der Waals surface area contributed by atoms with Gasteiger partial charge in [0.15, 0.2) is 0 Å². The second kappa shape index (κ2) is 26.5. The van der Waals surface area contributed by atoms with Crippen LogP contribution in [0.15, 0.2) is 97.3 Å². The lowest BCUT2D eigenvalue weighted by Crippen LogP contribution is -2.51. The molecular formula is C67H75N13O6.